The molecular weight excluding hydrogens is 312 g/mol. The lowest BCUT2D eigenvalue weighted by molar-refractivity contribution is -0.120. The number of carbonyl (C=O) groups excluding carboxylic acids is 1. The largest absolute Gasteiger partial charge is 0.487 e. The number of ether oxygens (including phenoxy) is 1. The van der Waals surface area contributed by atoms with Gasteiger partial charge in [-0.05, 0) is 55.5 Å². The molecule has 1 aliphatic carbocycles. The van der Waals surface area contributed by atoms with E-state index in [2.05, 4.69) is 5.32 Å². The summed E-state index contributed by atoms with van der Waals surface area (Å²) in [4.78, 5) is 12.7. The molecule has 0 bridgehead atoms. The summed E-state index contributed by atoms with van der Waals surface area (Å²) in [7, 11) is 0. The fourth-order valence-electron chi connectivity index (χ4n) is 3.48. The molecule has 1 saturated carbocycles. The summed E-state index contributed by atoms with van der Waals surface area (Å²) >= 11 is 0. The zero-order valence-electron chi connectivity index (χ0n) is 14.7. The van der Waals surface area contributed by atoms with Crippen LogP contribution in [0.5, 0.6) is 5.75 Å². The first-order chi connectivity index (χ1) is 12.2. The molecule has 3 rings (SSSR count). The van der Waals surface area contributed by atoms with Gasteiger partial charge in [0.25, 0.3) is 0 Å². The molecule has 0 aromatic heterocycles. The van der Waals surface area contributed by atoms with E-state index in [1.54, 1.807) is 0 Å². The van der Waals surface area contributed by atoms with Gasteiger partial charge < -0.3 is 15.8 Å². The zero-order chi connectivity index (χ0) is 17.6. The number of carbonyl (C=O) groups is 1. The number of amides is 1. The average molecular weight is 338 g/mol. The van der Waals surface area contributed by atoms with E-state index in [1.807, 2.05) is 55.5 Å². The topological polar surface area (TPSA) is 64.4 Å². The molecule has 132 valence electrons. The predicted molar refractivity (Wildman–Crippen MR) is 100 cm³/mol. The Bertz CT molecular complexity index is 715. The Morgan fingerprint density at radius 1 is 1.20 bits per heavy atom. The second-order valence-electron chi connectivity index (χ2n) is 6.80. The summed E-state index contributed by atoms with van der Waals surface area (Å²) in [5, 5.41) is 3.06. The van der Waals surface area contributed by atoms with Crippen molar-refractivity contribution < 1.29 is 9.53 Å². The molecule has 2 atom stereocenters. The summed E-state index contributed by atoms with van der Waals surface area (Å²) in [5.74, 6) is 1.06. The SMILES string of the molecule is Cc1ccc(NC(=O)[C@@H]2CCC[C@@H]2CN)c(OCc2ccccc2)c1. The molecule has 3 N–H and O–H groups in total. The quantitative estimate of drug-likeness (QED) is 0.840. The molecule has 2 aromatic rings. The number of nitrogens with two attached hydrogens (primary N) is 1. The van der Waals surface area contributed by atoms with Crippen molar-refractivity contribution in [3.8, 4) is 5.75 Å². The van der Waals surface area contributed by atoms with Gasteiger partial charge in [0.2, 0.25) is 5.91 Å². The molecule has 1 amide bonds. The zero-order valence-corrected chi connectivity index (χ0v) is 14.7. The Hall–Kier alpha value is -2.33. The van der Waals surface area contributed by atoms with Crippen molar-refractivity contribution in [1.82, 2.24) is 0 Å². The van der Waals surface area contributed by atoms with E-state index < -0.39 is 0 Å². The van der Waals surface area contributed by atoms with E-state index in [0.717, 1.165) is 36.1 Å². The third-order valence-corrected chi connectivity index (χ3v) is 4.93. The monoisotopic (exact) mass is 338 g/mol. The Kier molecular flexibility index (Phi) is 5.71. The number of rotatable bonds is 6. The van der Waals surface area contributed by atoms with Crippen LogP contribution in [0.3, 0.4) is 0 Å². The van der Waals surface area contributed by atoms with Crippen molar-refractivity contribution in [1.29, 1.82) is 0 Å². The first-order valence-electron chi connectivity index (χ1n) is 8.95. The number of anilines is 1. The summed E-state index contributed by atoms with van der Waals surface area (Å²) in [6.07, 6.45) is 3.03. The van der Waals surface area contributed by atoms with Crippen LogP contribution in [-0.4, -0.2) is 12.5 Å². The number of benzene rings is 2. The highest BCUT2D eigenvalue weighted by atomic mass is 16.5. The maximum atomic E-state index is 12.7. The molecule has 4 heteroatoms. The first-order valence-corrected chi connectivity index (χ1v) is 8.95. The van der Waals surface area contributed by atoms with E-state index >= 15 is 0 Å². The fraction of sp³-hybridized carbons (Fsp3) is 0.381. The van der Waals surface area contributed by atoms with Gasteiger partial charge in [0.1, 0.15) is 12.4 Å². The van der Waals surface area contributed by atoms with Gasteiger partial charge in [0.15, 0.2) is 0 Å². The summed E-state index contributed by atoms with van der Waals surface area (Å²) in [5.41, 5.74) is 8.74. The van der Waals surface area contributed by atoms with Crippen molar-refractivity contribution in [3.05, 3.63) is 59.7 Å². The summed E-state index contributed by atoms with van der Waals surface area (Å²) in [6.45, 7) is 3.06. The number of nitrogens with one attached hydrogen (secondary N) is 1. The van der Waals surface area contributed by atoms with E-state index in [4.69, 9.17) is 10.5 Å². The smallest absolute Gasteiger partial charge is 0.227 e. The third kappa shape index (κ3) is 4.40. The van der Waals surface area contributed by atoms with Crippen molar-refractivity contribution in [2.24, 2.45) is 17.6 Å². The maximum absolute atomic E-state index is 12.7. The second kappa shape index (κ2) is 8.17. The van der Waals surface area contributed by atoms with E-state index in [0.29, 0.717) is 24.8 Å². The first kappa shape index (κ1) is 17.5. The highest BCUT2D eigenvalue weighted by Crippen LogP contribution is 2.33. The van der Waals surface area contributed by atoms with Gasteiger partial charge in [-0.3, -0.25) is 4.79 Å². The molecule has 0 unspecified atom stereocenters. The van der Waals surface area contributed by atoms with Crippen molar-refractivity contribution in [2.45, 2.75) is 32.8 Å². The van der Waals surface area contributed by atoms with E-state index in [1.165, 1.54) is 0 Å². The second-order valence-corrected chi connectivity index (χ2v) is 6.80. The lowest BCUT2D eigenvalue weighted by Crippen LogP contribution is -2.29. The van der Waals surface area contributed by atoms with Crippen LogP contribution in [0.4, 0.5) is 5.69 Å². The molecule has 0 radical (unpaired) electrons. The Morgan fingerprint density at radius 2 is 2.00 bits per heavy atom. The Labute approximate surface area is 149 Å². The van der Waals surface area contributed by atoms with Crippen LogP contribution in [0, 0.1) is 18.8 Å². The minimum absolute atomic E-state index is 0.00766. The predicted octanol–water partition coefficient (Wildman–Crippen LogP) is 3.89. The number of hydrogen-bond acceptors (Lipinski definition) is 3. The van der Waals surface area contributed by atoms with Crippen LogP contribution in [0.15, 0.2) is 48.5 Å². The molecule has 0 spiro atoms. The van der Waals surface area contributed by atoms with Gasteiger partial charge in [-0.25, -0.2) is 0 Å². The number of aryl methyl sites for hydroxylation is 1. The van der Waals surface area contributed by atoms with Gasteiger partial charge in [0, 0.05) is 5.92 Å². The molecule has 2 aromatic carbocycles. The van der Waals surface area contributed by atoms with Crippen LogP contribution in [0.2, 0.25) is 0 Å². The molecular formula is C21H26N2O2. The maximum Gasteiger partial charge on any atom is 0.227 e. The third-order valence-electron chi connectivity index (χ3n) is 4.93. The van der Waals surface area contributed by atoms with Crippen LogP contribution in [-0.2, 0) is 11.4 Å². The van der Waals surface area contributed by atoms with Crippen molar-refractivity contribution in [3.63, 3.8) is 0 Å². The molecule has 0 heterocycles. The van der Waals surface area contributed by atoms with E-state index in [-0.39, 0.29) is 11.8 Å². The molecule has 0 saturated heterocycles. The molecule has 0 aliphatic heterocycles. The van der Waals surface area contributed by atoms with Crippen LogP contribution >= 0.6 is 0 Å². The lowest BCUT2D eigenvalue weighted by atomic mass is 9.95. The van der Waals surface area contributed by atoms with Gasteiger partial charge in [-0.2, -0.15) is 0 Å². The van der Waals surface area contributed by atoms with Crippen LogP contribution in [0.25, 0.3) is 0 Å². The van der Waals surface area contributed by atoms with Gasteiger partial charge in [-0.15, -0.1) is 0 Å². The standard InChI is InChI=1S/C21H26N2O2/c1-15-10-11-19(23-21(24)18-9-5-8-17(18)13-22)20(12-15)25-14-16-6-3-2-4-7-16/h2-4,6-7,10-12,17-18H,5,8-9,13-14,22H2,1H3,(H,23,24)/t17-,18-/m1/s1. The minimum atomic E-state index is 0.00766. The molecule has 1 aliphatic rings. The lowest BCUT2D eigenvalue weighted by Gasteiger charge is -2.19. The summed E-state index contributed by atoms with van der Waals surface area (Å²) < 4.78 is 5.98. The normalized spacial score (nSPS) is 19.6. The van der Waals surface area contributed by atoms with Gasteiger partial charge >= 0.3 is 0 Å². The average Bonchev–Trinajstić information content (AvgIpc) is 3.11. The Balaban J connectivity index is 1.71. The highest BCUT2D eigenvalue weighted by Gasteiger charge is 2.32. The van der Waals surface area contributed by atoms with Crippen molar-refractivity contribution >= 4 is 11.6 Å². The molecule has 4 nitrogen and oxygen atoms in total. The molecule has 1 fully saturated rings. The number of hydrogen-bond donors (Lipinski definition) is 2. The summed E-state index contributed by atoms with van der Waals surface area (Å²) in [6, 6.07) is 15.9. The van der Waals surface area contributed by atoms with Gasteiger partial charge in [0.05, 0.1) is 5.69 Å². The minimum Gasteiger partial charge on any atom is -0.487 e. The van der Waals surface area contributed by atoms with Gasteiger partial charge in [-0.1, -0.05) is 42.8 Å². The van der Waals surface area contributed by atoms with E-state index in [9.17, 15) is 4.79 Å². The van der Waals surface area contributed by atoms with Crippen LogP contribution in [0.1, 0.15) is 30.4 Å². The Morgan fingerprint density at radius 3 is 2.76 bits per heavy atom. The fourth-order valence-corrected chi connectivity index (χ4v) is 3.48. The van der Waals surface area contributed by atoms with Crippen molar-refractivity contribution in [2.75, 3.05) is 11.9 Å². The highest BCUT2D eigenvalue weighted by molar-refractivity contribution is 5.94. The molecule has 25 heavy (non-hydrogen) atoms. The van der Waals surface area contributed by atoms with Crippen LogP contribution < -0.4 is 15.8 Å².